The summed E-state index contributed by atoms with van der Waals surface area (Å²) in [4.78, 5) is 13.3. The topological polar surface area (TPSA) is 47.6 Å². The normalized spacial score (nSPS) is 14.6. The van der Waals surface area contributed by atoms with Crippen molar-refractivity contribution in [2.24, 2.45) is 0 Å². The molecule has 0 saturated carbocycles. The van der Waals surface area contributed by atoms with Crippen molar-refractivity contribution < 1.29 is 14.3 Å². The molecule has 2 aromatic carbocycles. The minimum absolute atomic E-state index is 0.267. The first-order chi connectivity index (χ1) is 11.8. The van der Waals surface area contributed by atoms with Crippen LogP contribution in [0.25, 0.3) is 0 Å². The molecule has 1 heterocycles. The Bertz CT molecular complexity index is 802. The number of aryl methyl sites for hydroxylation is 2. The van der Waals surface area contributed by atoms with E-state index >= 15 is 0 Å². The quantitative estimate of drug-likeness (QED) is 0.627. The summed E-state index contributed by atoms with van der Waals surface area (Å²) in [6, 6.07) is 11.9. The van der Waals surface area contributed by atoms with Gasteiger partial charge < -0.3 is 14.8 Å². The lowest BCUT2D eigenvalue weighted by molar-refractivity contribution is 0.133. The molecule has 25 heavy (non-hydrogen) atoms. The number of hydrogen-bond donors (Lipinski definition) is 1. The lowest BCUT2D eigenvalue weighted by Crippen LogP contribution is -2.27. The highest BCUT2D eigenvalue weighted by Crippen LogP contribution is 2.41. The molecule has 0 unspecified atom stereocenters. The second-order valence-corrected chi connectivity index (χ2v) is 7.92. The van der Waals surface area contributed by atoms with E-state index in [-0.39, 0.29) is 5.60 Å². The molecule has 1 aliphatic heterocycles. The summed E-state index contributed by atoms with van der Waals surface area (Å²) in [5.74, 6) is 1.59. The molecule has 2 aromatic rings. The maximum Gasteiger partial charge on any atom is 0.413 e. The van der Waals surface area contributed by atoms with Gasteiger partial charge in [-0.3, -0.25) is 0 Å². The first-order valence-corrected chi connectivity index (χ1v) is 9.29. The molecule has 0 spiro atoms. The number of fused-ring (bicyclic) bond motifs is 1. The lowest BCUT2D eigenvalue weighted by Gasteiger charge is -2.18. The van der Waals surface area contributed by atoms with Gasteiger partial charge in [-0.15, -0.1) is 11.8 Å². The van der Waals surface area contributed by atoms with Crippen molar-refractivity contribution in [3.8, 4) is 11.5 Å². The van der Waals surface area contributed by atoms with Crippen molar-refractivity contribution in [1.29, 1.82) is 0 Å². The Morgan fingerprint density at radius 3 is 2.84 bits per heavy atom. The van der Waals surface area contributed by atoms with E-state index in [2.05, 4.69) is 37.4 Å². The third-order valence-corrected chi connectivity index (χ3v) is 5.09. The first-order valence-electron chi connectivity index (χ1n) is 8.31. The Kier molecular flexibility index (Phi) is 4.95. The van der Waals surface area contributed by atoms with E-state index in [0.29, 0.717) is 17.4 Å². The van der Waals surface area contributed by atoms with Gasteiger partial charge in [0.2, 0.25) is 0 Å². The minimum Gasteiger partial charge on any atom is -0.483 e. The molecule has 5 heteroatoms. The summed E-state index contributed by atoms with van der Waals surface area (Å²) in [5.41, 5.74) is 3.24. The minimum atomic E-state index is -0.473. The summed E-state index contributed by atoms with van der Waals surface area (Å²) in [6.07, 6.45) is 0.336. The van der Waals surface area contributed by atoms with Gasteiger partial charge in [-0.25, -0.2) is 4.79 Å². The smallest absolute Gasteiger partial charge is 0.413 e. The summed E-state index contributed by atoms with van der Waals surface area (Å²) in [5, 5.41) is 2.78. The number of ether oxygens (including phenoxy) is 2. The Morgan fingerprint density at radius 2 is 2.08 bits per heavy atom. The van der Waals surface area contributed by atoms with Crippen LogP contribution in [0.2, 0.25) is 0 Å². The largest absolute Gasteiger partial charge is 0.483 e. The van der Waals surface area contributed by atoms with Crippen LogP contribution in [0.3, 0.4) is 0 Å². The number of hydrogen-bond acceptors (Lipinski definition) is 4. The van der Waals surface area contributed by atoms with Crippen molar-refractivity contribution in [3.63, 3.8) is 0 Å². The fraction of sp³-hybridized carbons (Fsp3) is 0.350. The Hall–Kier alpha value is -2.14. The zero-order valence-electron chi connectivity index (χ0n) is 15.0. The number of amides is 1. The molecule has 0 fully saturated rings. The number of nitrogens with one attached hydrogen (secondary N) is 1. The molecule has 0 saturated heterocycles. The van der Waals surface area contributed by atoms with Gasteiger partial charge in [0, 0.05) is 16.9 Å². The Labute approximate surface area is 152 Å². The van der Waals surface area contributed by atoms with Crippen LogP contribution in [0.15, 0.2) is 41.3 Å². The average Bonchev–Trinajstić information content (AvgIpc) is 2.84. The molecule has 1 aliphatic rings. The molecule has 0 aromatic heterocycles. The van der Waals surface area contributed by atoms with Crippen LogP contribution in [0.5, 0.6) is 11.5 Å². The highest BCUT2D eigenvalue weighted by molar-refractivity contribution is 7.99. The van der Waals surface area contributed by atoms with Crippen molar-refractivity contribution in [1.82, 2.24) is 5.32 Å². The Morgan fingerprint density at radius 1 is 1.28 bits per heavy atom. The third kappa shape index (κ3) is 4.28. The zero-order chi connectivity index (χ0) is 18.0. The van der Waals surface area contributed by atoms with Crippen LogP contribution < -0.4 is 14.8 Å². The molecular formula is C20H23NO3S. The summed E-state index contributed by atoms with van der Waals surface area (Å²) in [6.45, 7) is 8.19. The van der Waals surface area contributed by atoms with Crippen LogP contribution in [-0.4, -0.2) is 17.6 Å². The summed E-state index contributed by atoms with van der Waals surface area (Å²) in [7, 11) is 0. The highest BCUT2D eigenvalue weighted by atomic mass is 32.2. The molecule has 1 N–H and O–H groups in total. The van der Waals surface area contributed by atoms with Crippen LogP contribution in [-0.2, 0) is 6.42 Å². The van der Waals surface area contributed by atoms with Gasteiger partial charge in [0.1, 0.15) is 5.60 Å². The van der Waals surface area contributed by atoms with Crippen LogP contribution in [0, 0.1) is 13.8 Å². The molecule has 0 radical (unpaired) electrons. The van der Waals surface area contributed by atoms with Gasteiger partial charge in [0.15, 0.2) is 11.5 Å². The number of rotatable bonds is 4. The highest BCUT2D eigenvalue weighted by Gasteiger charge is 2.32. The van der Waals surface area contributed by atoms with Gasteiger partial charge >= 0.3 is 6.09 Å². The van der Waals surface area contributed by atoms with Gasteiger partial charge in [0.05, 0.1) is 5.88 Å². The van der Waals surface area contributed by atoms with Crippen molar-refractivity contribution in [3.05, 3.63) is 53.1 Å². The fourth-order valence-corrected chi connectivity index (χ4v) is 3.73. The lowest BCUT2D eigenvalue weighted by atomic mass is 10.0. The average molecular weight is 357 g/mol. The fourth-order valence-electron chi connectivity index (χ4n) is 2.94. The van der Waals surface area contributed by atoms with Crippen molar-refractivity contribution in [2.75, 3.05) is 5.88 Å². The predicted octanol–water partition coefficient (Wildman–Crippen LogP) is 4.86. The number of carbonyl (C=O) groups is 1. The first kappa shape index (κ1) is 17.7. The van der Waals surface area contributed by atoms with E-state index < -0.39 is 6.09 Å². The van der Waals surface area contributed by atoms with Crippen LogP contribution in [0.1, 0.15) is 30.5 Å². The van der Waals surface area contributed by atoms with E-state index in [4.69, 9.17) is 9.47 Å². The molecule has 4 nitrogen and oxygen atoms in total. The van der Waals surface area contributed by atoms with Crippen LogP contribution >= 0.6 is 11.8 Å². The number of para-hydroxylation sites is 1. The molecule has 0 aliphatic carbocycles. The second kappa shape index (κ2) is 7.00. The van der Waals surface area contributed by atoms with E-state index in [0.717, 1.165) is 16.9 Å². The predicted molar refractivity (Wildman–Crippen MR) is 101 cm³/mol. The van der Waals surface area contributed by atoms with Crippen LogP contribution in [0.4, 0.5) is 4.79 Å². The zero-order valence-corrected chi connectivity index (χ0v) is 15.8. The van der Waals surface area contributed by atoms with Gasteiger partial charge in [-0.1, -0.05) is 29.8 Å². The third-order valence-electron chi connectivity index (χ3n) is 4.03. The number of benzene rings is 2. The molecule has 132 valence electrons. The number of thioether (sulfide) groups is 1. The molecule has 1 amide bonds. The standard InChI is InChI=1S/C20H23NO3S/c1-13-8-9-17(14(2)10-13)25-12-21-19(22)23-16-7-5-6-15-11-20(3,4)24-18(15)16/h5-10H,11-12H2,1-4H3,(H,21,22). The summed E-state index contributed by atoms with van der Waals surface area (Å²) >= 11 is 1.58. The molecule has 0 atom stereocenters. The second-order valence-electron chi connectivity index (χ2n) is 6.91. The van der Waals surface area contributed by atoms with E-state index in [1.54, 1.807) is 17.8 Å². The van der Waals surface area contributed by atoms with E-state index in [1.165, 1.54) is 11.1 Å². The van der Waals surface area contributed by atoms with E-state index in [1.807, 2.05) is 26.0 Å². The van der Waals surface area contributed by atoms with Gasteiger partial charge in [-0.05, 0) is 45.4 Å². The molecule has 0 bridgehead atoms. The molecule has 3 rings (SSSR count). The maximum absolute atomic E-state index is 12.1. The maximum atomic E-state index is 12.1. The van der Waals surface area contributed by atoms with Gasteiger partial charge in [-0.2, -0.15) is 0 Å². The number of carbonyl (C=O) groups excluding carboxylic acids is 1. The van der Waals surface area contributed by atoms with Crippen molar-refractivity contribution in [2.45, 2.75) is 44.6 Å². The van der Waals surface area contributed by atoms with E-state index in [9.17, 15) is 4.79 Å². The monoisotopic (exact) mass is 357 g/mol. The SMILES string of the molecule is Cc1ccc(SCNC(=O)Oc2cccc3c2OC(C)(C)C3)c(C)c1. The summed E-state index contributed by atoms with van der Waals surface area (Å²) < 4.78 is 11.4. The molecular weight excluding hydrogens is 334 g/mol. The van der Waals surface area contributed by atoms with Gasteiger partial charge in [0.25, 0.3) is 0 Å². The van der Waals surface area contributed by atoms with Crippen molar-refractivity contribution >= 4 is 17.9 Å². The Balaban J connectivity index is 1.57.